The van der Waals surface area contributed by atoms with Crippen LogP contribution >= 0.6 is 0 Å². The largest absolute Gasteiger partial charge is 0.332 e. The Morgan fingerprint density at radius 1 is 1.33 bits per heavy atom. The molecule has 72 valence electrons. The summed E-state index contributed by atoms with van der Waals surface area (Å²) >= 11 is 0. The van der Waals surface area contributed by atoms with E-state index in [1.54, 1.807) is 0 Å². The quantitative estimate of drug-likeness (QED) is 0.629. The second kappa shape index (κ2) is 3.75. The van der Waals surface area contributed by atoms with Crippen molar-refractivity contribution in [1.29, 1.82) is 0 Å². The Morgan fingerprint density at radius 3 is 2.25 bits per heavy atom. The maximum absolute atomic E-state index is 11.2. The summed E-state index contributed by atoms with van der Waals surface area (Å²) in [4.78, 5) is 1.43. The highest BCUT2D eigenvalue weighted by molar-refractivity contribution is 7.91. The van der Waals surface area contributed by atoms with Crippen LogP contribution in [0.3, 0.4) is 0 Å². The van der Waals surface area contributed by atoms with Gasteiger partial charge in [-0.25, -0.2) is 8.42 Å². The molecule has 1 saturated heterocycles. The summed E-state index contributed by atoms with van der Waals surface area (Å²) in [6.07, 6.45) is 0.860. The Bertz CT molecular complexity index is 231. The van der Waals surface area contributed by atoms with E-state index >= 15 is 0 Å². The summed E-state index contributed by atoms with van der Waals surface area (Å²) in [7, 11) is -2.68. The molecular formula is C8H18NO2S+. The lowest BCUT2D eigenvalue weighted by Crippen LogP contribution is -3.15. The lowest BCUT2D eigenvalue weighted by Gasteiger charge is -2.21. The van der Waals surface area contributed by atoms with Gasteiger partial charge in [-0.2, -0.15) is 0 Å². The summed E-state index contributed by atoms with van der Waals surface area (Å²) in [5, 5.41) is 0. The van der Waals surface area contributed by atoms with Crippen molar-refractivity contribution in [2.75, 3.05) is 24.6 Å². The Hall–Kier alpha value is -0.0900. The van der Waals surface area contributed by atoms with Crippen molar-refractivity contribution in [3.63, 3.8) is 0 Å². The predicted molar refractivity (Wildman–Crippen MR) is 49.1 cm³/mol. The molecule has 1 atom stereocenters. The molecule has 0 radical (unpaired) electrons. The van der Waals surface area contributed by atoms with E-state index in [2.05, 4.69) is 13.8 Å². The first kappa shape index (κ1) is 9.99. The van der Waals surface area contributed by atoms with E-state index in [1.807, 2.05) is 0 Å². The highest BCUT2D eigenvalue weighted by Crippen LogP contribution is 2.08. The zero-order valence-electron chi connectivity index (χ0n) is 7.84. The van der Waals surface area contributed by atoms with Crippen molar-refractivity contribution in [1.82, 2.24) is 0 Å². The number of hydrogen-bond donors (Lipinski definition) is 1. The average Bonchev–Trinajstić information content (AvgIpc) is 2.34. The van der Waals surface area contributed by atoms with Crippen molar-refractivity contribution in [3.8, 4) is 0 Å². The van der Waals surface area contributed by atoms with E-state index in [9.17, 15) is 8.42 Å². The summed E-state index contributed by atoms with van der Waals surface area (Å²) in [6, 6.07) is 0.366. The molecule has 4 heteroatoms. The smallest absolute Gasteiger partial charge is 0.156 e. The van der Waals surface area contributed by atoms with Crippen LogP contribution in [0.25, 0.3) is 0 Å². The first-order chi connectivity index (χ1) is 5.59. The molecular weight excluding hydrogens is 174 g/mol. The number of sulfone groups is 1. The fourth-order valence-corrected chi connectivity index (χ4v) is 3.77. The molecule has 0 spiro atoms. The highest BCUT2D eigenvalue weighted by atomic mass is 32.2. The monoisotopic (exact) mass is 192 g/mol. The summed E-state index contributed by atoms with van der Waals surface area (Å²) < 4.78 is 22.3. The third kappa shape index (κ3) is 2.20. The Labute approximate surface area is 74.7 Å². The first-order valence-corrected chi connectivity index (χ1v) is 6.46. The topological polar surface area (TPSA) is 38.6 Å². The Morgan fingerprint density at radius 2 is 1.92 bits per heavy atom. The summed E-state index contributed by atoms with van der Waals surface area (Å²) in [6.45, 7) is 6.31. The molecule has 0 aromatic carbocycles. The van der Waals surface area contributed by atoms with Gasteiger partial charge in [-0.3, -0.25) is 0 Å². The predicted octanol–water partition coefficient (Wildman–Crippen LogP) is -0.902. The van der Waals surface area contributed by atoms with E-state index in [0.29, 0.717) is 17.5 Å². The first-order valence-electron chi connectivity index (χ1n) is 4.64. The third-order valence-electron chi connectivity index (χ3n) is 2.72. The second-order valence-corrected chi connectivity index (χ2v) is 5.69. The normalized spacial score (nSPS) is 28.1. The highest BCUT2D eigenvalue weighted by Gasteiger charge is 2.33. The minimum Gasteiger partial charge on any atom is -0.332 e. The van der Waals surface area contributed by atoms with Gasteiger partial charge in [0.2, 0.25) is 0 Å². The van der Waals surface area contributed by atoms with E-state index in [4.69, 9.17) is 0 Å². The average molecular weight is 192 g/mol. The fraction of sp³-hybridized carbons (Fsp3) is 1.00. The molecule has 1 fully saturated rings. The van der Waals surface area contributed by atoms with Crippen LogP contribution < -0.4 is 4.90 Å². The van der Waals surface area contributed by atoms with Crippen molar-refractivity contribution in [2.45, 2.75) is 26.3 Å². The molecule has 0 saturated carbocycles. The summed E-state index contributed by atoms with van der Waals surface area (Å²) in [5.41, 5.74) is 0. The molecule has 0 amide bonds. The molecule has 1 aliphatic rings. The third-order valence-corrected chi connectivity index (χ3v) is 4.49. The van der Waals surface area contributed by atoms with Gasteiger partial charge in [0, 0.05) is 6.42 Å². The number of nitrogens with one attached hydrogen (secondary N) is 1. The van der Waals surface area contributed by atoms with Gasteiger partial charge in [-0.05, 0) is 13.8 Å². The van der Waals surface area contributed by atoms with Crippen LogP contribution in [-0.4, -0.2) is 39.1 Å². The van der Waals surface area contributed by atoms with E-state index in [-0.39, 0.29) is 0 Å². The lowest BCUT2D eigenvalue weighted by molar-refractivity contribution is -0.918. The molecule has 1 rings (SSSR count). The van der Waals surface area contributed by atoms with Crippen LogP contribution in [0.2, 0.25) is 0 Å². The van der Waals surface area contributed by atoms with Crippen LogP contribution in [0.1, 0.15) is 20.3 Å². The number of rotatable bonds is 3. The van der Waals surface area contributed by atoms with Gasteiger partial charge in [0.15, 0.2) is 9.84 Å². The number of quaternary nitrogens is 1. The molecule has 3 nitrogen and oxygen atoms in total. The molecule has 12 heavy (non-hydrogen) atoms. The second-order valence-electron chi connectivity index (χ2n) is 3.47. The van der Waals surface area contributed by atoms with Gasteiger partial charge < -0.3 is 4.90 Å². The van der Waals surface area contributed by atoms with Crippen LogP contribution in [-0.2, 0) is 9.84 Å². The van der Waals surface area contributed by atoms with Crippen LogP contribution in [0.15, 0.2) is 0 Å². The van der Waals surface area contributed by atoms with Crippen LogP contribution in [0.5, 0.6) is 0 Å². The molecule has 1 aliphatic heterocycles. The SMILES string of the molecule is CC[NH+](CC)C1CCS(=O)(=O)C1. The number of hydrogen-bond acceptors (Lipinski definition) is 2. The molecule has 1 unspecified atom stereocenters. The maximum Gasteiger partial charge on any atom is 0.156 e. The molecule has 0 aromatic heterocycles. The maximum atomic E-state index is 11.2. The molecule has 0 aliphatic carbocycles. The standard InChI is InChI=1S/C8H17NO2S/c1-3-9(4-2)8-5-6-12(10,11)7-8/h8H,3-7H2,1-2H3/p+1. The zero-order chi connectivity index (χ0) is 9.19. The fourth-order valence-electron chi connectivity index (χ4n) is 1.94. The van der Waals surface area contributed by atoms with E-state index < -0.39 is 9.84 Å². The van der Waals surface area contributed by atoms with Crippen molar-refractivity contribution in [3.05, 3.63) is 0 Å². The van der Waals surface area contributed by atoms with Crippen molar-refractivity contribution in [2.24, 2.45) is 0 Å². The molecule has 0 aromatic rings. The molecule has 0 bridgehead atoms. The van der Waals surface area contributed by atoms with Gasteiger partial charge in [0.25, 0.3) is 0 Å². The zero-order valence-corrected chi connectivity index (χ0v) is 8.65. The minimum absolute atomic E-state index is 0.366. The van der Waals surface area contributed by atoms with Crippen molar-refractivity contribution < 1.29 is 13.3 Å². The van der Waals surface area contributed by atoms with E-state index in [0.717, 1.165) is 19.5 Å². The molecule has 1 heterocycles. The van der Waals surface area contributed by atoms with E-state index in [1.165, 1.54) is 4.90 Å². The molecule has 1 N–H and O–H groups in total. The minimum atomic E-state index is -2.68. The van der Waals surface area contributed by atoms with Crippen LogP contribution in [0.4, 0.5) is 0 Å². The van der Waals surface area contributed by atoms with Gasteiger partial charge in [0.1, 0.15) is 11.8 Å². The van der Waals surface area contributed by atoms with Gasteiger partial charge in [-0.1, -0.05) is 0 Å². The Balaban J connectivity index is 2.56. The Kier molecular flexibility index (Phi) is 3.12. The van der Waals surface area contributed by atoms with Gasteiger partial charge in [0.05, 0.1) is 18.8 Å². The lowest BCUT2D eigenvalue weighted by atomic mass is 10.2. The summed E-state index contributed by atoms with van der Waals surface area (Å²) in [5.74, 6) is 0.811. The van der Waals surface area contributed by atoms with Gasteiger partial charge in [-0.15, -0.1) is 0 Å². The van der Waals surface area contributed by atoms with Crippen LogP contribution in [0, 0.1) is 0 Å². The van der Waals surface area contributed by atoms with Gasteiger partial charge >= 0.3 is 0 Å². The van der Waals surface area contributed by atoms with Crippen molar-refractivity contribution >= 4 is 9.84 Å².